The number of hydrogen-bond acceptors (Lipinski definition) is 6. The molecule has 0 radical (unpaired) electrons. The van der Waals surface area contributed by atoms with Crippen LogP contribution >= 0.6 is 12.2 Å². The van der Waals surface area contributed by atoms with Crippen molar-refractivity contribution in [1.29, 1.82) is 0 Å². The van der Waals surface area contributed by atoms with Gasteiger partial charge in [0.15, 0.2) is 5.11 Å². The van der Waals surface area contributed by atoms with Crippen LogP contribution < -0.4 is 25.3 Å². The average Bonchev–Trinajstić information content (AvgIpc) is 3.09. The Morgan fingerprint density at radius 2 is 1.37 bits per heavy atom. The second-order valence-electron chi connectivity index (χ2n) is 7.82. The predicted molar refractivity (Wildman–Crippen MR) is 129 cm³/mol. The molecule has 1 aromatic heterocycles. The fourth-order valence-corrected chi connectivity index (χ4v) is 4.19. The van der Waals surface area contributed by atoms with E-state index >= 15 is 0 Å². The molecular weight excluding hydrogens is 394 g/mol. The third kappa shape index (κ3) is 5.11. The minimum Gasteiger partial charge on any atom is -0.368 e. The standard InChI is InChI=1S/C22H31N7S/c1-23-22(30)26-21-24-19(28-11-7-2-3-8-12-28)17-20(25-21)29-15-13-27(14-16-29)18-9-5-4-6-10-18/h4-6,9-10,17H,2-3,7-8,11-16H2,1H3,(H2,23,24,25,26,30). The number of thiocarbonyl (C=S) groups is 1. The molecular formula is C22H31N7S. The van der Waals surface area contributed by atoms with E-state index in [-0.39, 0.29) is 0 Å². The molecule has 160 valence electrons. The SMILES string of the molecule is CNC(=S)Nc1nc(N2CCCCCC2)cc(N2CCN(c3ccccc3)CC2)n1. The first kappa shape index (κ1) is 20.7. The lowest BCUT2D eigenvalue weighted by molar-refractivity contribution is 0.646. The number of para-hydroxylation sites is 1. The molecule has 0 unspecified atom stereocenters. The lowest BCUT2D eigenvalue weighted by Crippen LogP contribution is -2.47. The molecule has 2 saturated heterocycles. The summed E-state index contributed by atoms with van der Waals surface area (Å²) in [6.45, 7) is 5.92. The van der Waals surface area contributed by atoms with Crippen LogP contribution in [-0.2, 0) is 0 Å². The van der Waals surface area contributed by atoms with Crippen LogP contribution in [0.5, 0.6) is 0 Å². The molecule has 2 aromatic rings. The van der Waals surface area contributed by atoms with Gasteiger partial charge in [-0.3, -0.25) is 0 Å². The average molecular weight is 426 g/mol. The second kappa shape index (κ2) is 9.93. The van der Waals surface area contributed by atoms with Gasteiger partial charge in [0.05, 0.1) is 0 Å². The molecule has 2 aliphatic rings. The van der Waals surface area contributed by atoms with Gasteiger partial charge in [0.2, 0.25) is 5.95 Å². The quantitative estimate of drug-likeness (QED) is 0.725. The van der Waals surface area contributed by atoms with Crippen LogP contribution in [0.15, 0.2) is 36.4 Å². The molecule has 8 heteroatoms. The zero-order valence-corrected chi connectivity index (χ0v) is 18.5. The summed E-state index contributed by atoms with van der Waals surface area (Å²) in [5.74, 6) is 2.53. The maximum absolute atomic E-state index is 5.29. The fraction of sp³-hybridized carbons (Fsp3) is 0.500. The van der Waals surface area contributed by atoms with Gasteiger partial charge < -0.3 is 25.3 Å². The van der Waals surface area contributed by atoms with E-state index in [9.17, 15) is 0 Å². The van der Waals surface area contributed by atoms with Crippen LogP contribution in [0.2, 0.25) is 0 Å². The van der Waals surface area contributed by atoms with Crippen LogP contribution in [0.1, 0.15) is 25.7 Å². The molecule has 30 heavy (non-hydrogen) atoms. The Kier molecular flexibility index (Phi) is 6.84. The summed E-state index contributed by atoms with van der Waals surface area (Å²) >= 11 is 5.29. The normalized spacial score (nSPS) is 17.4. The van der Waals surface area contributed by atoms with Gasteiger partial charge in [-0.2, -0.15) is 9.97 Å². The van der Waals surface area contributed by atoms with Gasteiger partial charge >= 0.3 is 0 Å². The lowest BCUT2D eigenvalue weighted by atomic mass is 10.2. The van der Waals surface area contributed by atoms with Crippen LogP contribution in [0.4, 0.5) is 23.3 Å². The molecule has 0 spiro atoms. The zero-order valence-electron chi connectivity index (χ0n) is 17.7. The summed E-state index contributed by atoms with van der Waals surface area (Å²) in [6.07, 6.45) is 5.02. The number of aromatic nitrogens is 2. The Bertz CT molecular complexity index is 829. The number of anilines is 4. The summed E-state index contributed by atoms with van der Waals surface area (Å²) < 4.78 is 0. The molecule has 1 aromatic carbocycles. The maximum Gasteiger partial charge on any atom is 0.232 e. The Hall–Kier alpha value is -2.61. The minimum atomic E-state index is 0.530. The van der Waals surface area contributed by atoms with E-state index in [2.05, 4.69) is 61.7 Å². The highest BCUT2D eigenvalue weighted by Gasteiger charge is 2.21. The number of hydrogen-bond donors (Lipinski definition) is 2. The van der Waals surface area contributed by atoms with Crippen molar-refractivity contribution in [2.75, 3.05) is 66.3 Å². The molecule has 2 aliphatic heterocycles. The number of benzene rings is 1. The van der Waals surface area contributed by atoms with Crippen molar-refractivity contribution in [2.45, 2.75) is 25.7 Å². The van der Waals surface area contributed by atoms with Crippen LogP contribution in [0.25, 0.3) is 0 Å². The van der Waals surface area contributed by atoms with Gasteiger partial charge in [-0.25, -0.2) is 0 Å². The highest BCUT2D eigenvalue weighted by molar-refractivity contribution is 7.80. The molecule has 0 amide bonds. The Morgan fingerprint density at radius 1 is 0.800 bits per heavy atom. The lowest BCUT2D eigenvalue weighted by Gasteiger charge is -2.37. The van der Waals surface area contributed by atoms with Crippen LogP contribution in [0, 0.1) is 0 Å². The highest BCUT2D eigenvalue weighted by Crippen LogP contribution is 2.25. The Labute approximate surface area is 184 Å². The number of nitrogens with one attached hydrogen (secondary N) is 2. The van der Waals surface area contributed by atoms with Crippen molar-refractivity contribution < 1.29 is 0 Å². The monoisotopic (exact) mass is 425 g/mol. The summed E-state index contributed by atoms with van der Waals surface area (Å²) in [5.41, 5.74) is 1.28. The third-order valence-electron chi connectivity index (χ3n) is 5.81. The maximum atomic E-state index is 5.29. The topological polar surface area (TPSA) is 59.6 Å². The van der Waals surface area contributed by atoms with Crippen molar-refractivity contribution in [3.8, 4) is 0 Å². The van der Waals surface area contributed by atoms with Crippen molar-refractivity contribution in [3.63, 3.8) is 0 Å². The fourth-order valence-electron chi connectivity index (χ4n) is 4.10. The molecule has 2 N–H and O–H groups in total. The second-order valence-corrected chi connectivity index (χ2v) is 8.23. The van der Waals surface area contributed by atoms with Crippen molar-refractivity contribution in [1.82, 2.24) is 15.3 Å². The van der Waals surface area contributed by atoms with Gasteiger partial charge in [-0.1, -0.05) is 31.0 Å². The summed E-state index contributed by atoms with van der Waals surface area (Å²) in [6, 6.07) is 12.8. The van der Waals surface area contributed by atoms with E-state index in [4.69, 9.17) is 22.2 Å². The van der Waals surface area contributed by atoms with Crippen molar-refractivity contribution in [2.24, 2.45) is 0 Å². The zero-order chi connectivity index (χ0) is 20.8. The van der Waals surface area contributed by atoms with Crippen LogP contribution in [-0.4, -0.2) is 61.4 Å². The van der Waals surface area contributed by atoms with E-state index in [0.717, 1.165) is 50.9 Å². The number of piperazine rings is 1. The van der Waals surface area contributed by atoms with Crippen molar-refractivity contribution >= 4 is 40.6 Å². The smallest absolute Gasteiger partial charge is 0.232 e. The molecule has 4 rings (SSSR count). The van der Waals surface area contributed by atoms with Crippen molar-refractivity contribution in [3.05, 3.63) is 36.4 Å². The summed E-state index contributed by atoms with van der Waals surface area (Å²) in [4.78, 5) is 16.8. The molecule has 7 nitrogen and oxygen atoms in total. The molecule has 0 bridgehead atoms. The van der Waals surface area contributed by atoms with E-state index in [1.807, 2.05) is 0 Å². The number of rotatable bonds is 4. The van der Waals surface area contributed by atoms with E-state index in [1.54, 1.807) is 7.05 Å². The van der Waals surface area contributed by atoms with E-state index in [1.165, 1.54) is 31.4 Å². The molecule has 3 heterocycles. The Morgan fingerprint density at radius 3 is 1.97 bits per heavy atom. The molecule has 0 saturated carbocycles. The van der Waals surface area contributed by atoms with Gasteiger partial charge in [0.25, 0.3) is 0 Å². The first-order valence-electron chi connectivity index (χ1n) is 10.9. The largest absolute Gasteiger partial charge is 0.368 e. The summed E-state index contributed by atoms with van der Waals surface area (Å²) in [5, 5.41) is 6.62. The summed E-state index contributed by atoms with van der Waals surface area (Å²) in [7, 11) is 1.80. The Balaban J connectivity index is 1.53. The van der Waals surface area contributed by atoms with Gasteiger partial charge in [-0.15, -0.1) is 0 Å². The van der Waals surface area contributed by atoms with Crippen LogP contribution in [0.3, 0.4) is 0 Å². The number of nitrogens with zero attached hydrogens (tertiary/aromatic N) is 5. The minimum absolute atomic E-state index is 0.530. The molecule has 0 atom stereocenters. The predicted octanol–water partition coefficient (Wildman–Crippen LogP) is 3.10. The third-order valence-corrected chi connectivity index (χ3v) is 6.11. The van der Waals surface area contributed by atoms with E-state index in [0.29, 0.717) is 11.1 Å². The first-order chi connectivity index (χ1) is 14.7. The van der Waals surface area contributed by atoms with E-state index < -0.39 is 0 Å². The molecule has 0 aliphatic carbocycles. The molecule has 2 fully saturated rings. The highest BCUT2D eigenvalue weighted by atomic mass is 32.1. The van der Waals surface area contributed by atoms with Gasteiger partial charge in [0.1, 0.15) is 11.6 Å². The first-order valence-corrected chi connectivity index (χ1v) is 11.3. The van der Waals surface area contributed by atoms with Gasteiger partial charge in [-0.05, 0) is 37.2 Å². The van der Waals surface area contributed by atoms with Gasteiger partial charge in [0, 0.05) is 58.1 Å².